The van der Waals surface area contributed by atoms with Crippen molar-refractivity contribution in [2.75, 3.05) is 19.7 Å². The van der Waals surface area contributed by atoms with Gasteiger partial charge in [-0.15, -0.1) is 0 Å². The molecule has 1 heterocycles. The smallest absolute Gasteiger partial charge is 0.260 e. The molecular weight excluding hydrogens is 230 g/mol. The molecule has 98 valence electrons. The van der Waals surface area contributed by atoms with E-state index in [9.17, 15) is 4.79 Å². The van der Waals surface area contributed by atoms with Crippen LogP contribution in [0, 0.1) is 0 Å². The van der Waals surface area contributed by atoms with Crippen LogP contribution < -0.4 is 4.74 Å². The summed E-state index contributed by atoms with van der Waals surface area (Å²) in [5.74, 6) is 0.737. The monoisotopic (exact) mass is 249 g/mol. The Morgan fingerprint density at radius 2 is 1.89 bits per heavy atom. The molecule has 0 N–H and O–H groups in total. The minimum absolute atomic E-state index is 0.0147. The predicted octanol–water partition coefficient (Wildman–Crippen LogP) is 1.70. The van der Waals surface area contributed by atoms with Gasteiger partial charge in [0, 0.05) is 13.1 Å². The number of hydrogen-bond acceptors (Lipinski definition) is 3. The SMILES string of the molecule is C[C@H]1CN(C(=O)COc2ccccc2)C[C@H](C)O1. The standard InChI is InChI=1S/C14H19NO3/c1-11-8-15(9-12(2)18-11)14(16)10-17-13-6-4-3-5-7-13/h3-7,11-12H,8-10H2,1-2H3/t11-,12-/m0/s1. The topological polar surface area (TPSA) is 38.8 Å². The summed E-state index contributed by atoms with van der Waals surface area (Å²) in [4.78, 5) is 13.8. The number of benzene rings is 1. The molecule has 0 aliphatic carbocycles. The summed E-state index contributed by atoms with van der Waals surface area (Å²) >= 11 is 0. The van der Waals surface area contributed by atoms with Gasteiger partial charge in [-0.2, -0.15) is 0 Å². The van der Waals surface area contributed by atoms with E-state index in [2.05, 4.69) is 0 Å². The molecule has 0 spiro atoms. The zero-order valence-corrected chi connectivity index (χ0v) is 10.8. The zero-order chi connectivity index (χ0) is 13.0. The van der Waals surface area contributed by atoms with Crippen LogP contribution in [0.4, 0.5) is 0 Å². The lowest BCUT2D eigenvalue weighted by atomic mass is 10.2. The van der Waals surface area contributed by atoms with Crippen molar-refractivity contribution in [2.24, 2.45) is 0 Å². The van der Waals surface area contributed by atoms with Gasteiger partial charge in [-0.25, -0.2) is 0 Å². The van der Waals surface area contributed by atoms with E-state index in [0.29, 0.717) is 13.1 Å². The van der Waals surface area contributed by atoms with Crippen molar-refractivity contribution in [3.8, 4) is 5.75 Å². The first-order valence-electron chi connectivity index (χ1n) is 6.26. The molecule has 0 saturated carbocycles. The van der Waals surface area contributed by atoms with Crippen molar-refractivity contribution in [3.63, 3.8) is 0 Å². The van der Waals surface area contributed by atoms with E-state index in [-0.39, 0.29) is 24.7 Å². The Morgan fingerprint density at radius 3 is 2.50 bits per heavy atom. The normalized spacial score (nSPS) is 23.8. The Bertz CT molecular complexity index is 383. The van der Waals surface area contributed by atoms with E-state index in [0.717, 1.165) is 5.75 Å². The van der Waals surface area contributed by atoms with E-state index in [4.69, 9.17) is 9.47 Å². The second kappa shape index (κ2) is 5.87. The Balaban J connectivity index is 1.84. The van der Waals surface area contributed by atoms with E-state index in [1.807, 2.05) is 49.1 Å². The van der Waals surface area contributed by atoms with Crippen LogP contribution in [0.15, 0.2) is 30.3 Å². The maximum absolute atomic E-state index is 12.0. The lowest BCUT2D eigenvalue weighted by Gasteiger charge is -2.35. The van der Waals surface area contributed by atoms with E-state index >= 15 is 0 Å². The summed E-state index contributed by atoms with van der Waals surface area (Å²) < 4.78 is 11.1. The summed E-state index contributed by atoms with van der Waals surface area (Å²) in [5, 5.41) is 0. The summed E-state index contributed by atoms with van der Waals surface area (Å²) in [6.45, 7) is 5.33. The van der Waals surface area contributed by atoms with Gasteiger partial charge in [0.15, 0.2) is 6.61 Å². The van der Waals surface area contributed by atoms with Crippen LogP contribution >= 0.6 is 0 Å². The third kappa shape index (κ3) is 3.47. The van der Waals surface area contributed by atoms with Crippen LogP contribution in [-0.4, -0.2) is 42.7 Å². The number of ether oxygens (including phenoxy) is 2. The molecule has 1 fully saturated rings. The molecule has 1 amide bonds. The highest BCUT2D eigenvalue weighted by Crippen LogP contribution is 2.12. The van der Waals surface area contributed by atoms with Gasteiger partial charge in [0.05, 0.1) is 12.2 Å². The van der Waals surface area contributed by atoms with Crippen molar-refractivity contribution in [2.45, 2.75) is 26.1 Å². The Hall–Kier alpha value is -1.55. The third-order valence-electron chi connectivity index (χ3n) is 2.88. The molecule has 0 unspecified atom stereocenters. The quantitative estimate of drug-likeness (QED) is 0.818. The van der Waals surface area contributed by atoms with Gasteiger partial charge in [-0.1, -0.05) is 18.2 Å². The molecule has 1 aromatic rings. The first-order valence-corrected chi connectivity index (χ1v) is 6.26. The number of hydrogen-bond donors (Lipinski definition) is 0. The van der Waals surface area contributed by atoms with Crippen LogP contribution in [0.1, 0.15) is 13.8 Å². The van der Waals surface area contributed by atoms with Crippen molar-refractivity contribution in [1.29, 1.82) is 0 Å². The maximum Gasteiger partial charge on any atom is 0.260 e. The summed E-state index contributed by atoms with van der Waals surface area (Å²) in [5.41, 5.74) is 0. The number of nitrogens with zero attached hydrogens (tertiary/aromatic N) is 1. The number of carbonyl (C=O) groups excluding carboxylic acids is 1. The number of carbonyl (C=O) groups is 1. The average molecular weight is 249 g/mol. The fraction of sp³-hybridized carbons (Fsp3) is 0.500. The highest BCUT2D eigenvalue weighted by Gasteiger charge is 2.25. The highest BCUT2D eigenvalue weighted by molar-refractivity contribution is 5.78. The average Bonchev–Trinajstić information content (AvgIpc) is 2.36. The minimum Gasteiger partial charge on any atom is -0.484 e. The van der Waals surface area contributed by atoms with Crippen LogP contribution in [0.25, 0.3) is 0 Å². The Kier molecular flexibility index (Phi) is 4.20. The highest BCUT2D eigenvalue weighted by atomic mass is 16.5. The van der Waals surface area contributed by atoms with E-state index in [1.165, 1.54) is 0 Å². The van der Waals surface area contributed by atoms with Gasteiger partial charge in [-0.05, 0) is 26.0 Å². The predicted molar refractivity (Wildman–Crippen MR) is 68.5 cm³/mol. The van der Waals surface area contributed by atoms with E-state index < -0.39 is 0 Å². The molecule has 2 rings (SSSR count). The molecule has 1 saturated heterocycles. The largest absolute Gasteiger partial charge is 0.484 e. The molecule has 4 nitrogen and oxygen atoms in total. The number of rotatable bonds is 3. The molecule has 2 atom stereocenters. The van der Waals surface area contributed by atoms with Crippen molar-refractivity contribution < 1.29 is 14.3 Å². The Labute approximate surface area is 107 Å². The van der Waals surface area contributed by atoms with Gasteiger partial charge in [0.1, 0.15) is 5.75 Å². The van der Waals surface area contributed by atoms with Crippen molar-refractivity contribution >= 4 is 5.91 Å². The molecule has 0 bridgehead atoms. The number of para-hydroxylation sites is 1. The summed E-state index contributed by atoms with van der Waals surface area (Å²) in [7, 11) is 0. The number of morpholine rings is 1. The van der Waals surface area contributed by atoms with E-state index in [1.54, 1.807) is 0 Å². The van der Waals surface area contributed by atoms with Crippen LogP contribution in [0.5, 0.6) is 5.75 Å². The lowest BCUT2D eigenvalue weighted by Crippen LogP contribution is -2.49. The maximum atomic E-state index is 12.0. The first-order chi connectivity index (χ1) is 8.65. The summed E-state index contributed by atoms with van der Waals surface area (Å²) in [6, 6.07) is 9.38. The molecule has 0 aromatic heterocycles. The van der Waals surface area contributed by atoms with Gasteiger partial charge in [0.25, 0.3) is 5.91 Å². The van der Waals surface area contributed by atoms with Crippen LogP contribution in [0.3, 0.4) is 0 Å². The number of amides is 1. The third-order valence-corrected chi connectivity index (χ3v) is 2.88. The fourth-order valence-electron chi connectivity index (χ4n) is 2.13. The van der Waals surface area contributed by atoms with Crippen LogP contribution in [0.2, 0.25) is 0 Å². The zero-order valence-electron chi connectivity index (χ0n) is 10.8. The first kappa shape index (κ1) is 12.9. The van der Waals surface area contributed by atoms with Crippen LogP contribution in [-0.2, 0) is 9.53 Å². The van der Waals surface area contributed by atoms with Gasteiger partial charge in [0.2, 0.25) is 0 Å². The molecule has 0 radical (unpaired) electrons. The van der Waals surface area contributed by atoms with Crippen molar-refractivity contribution in [3.05, 3.63) is 30.3 Å². The molecule has 18 heavy (non-hydrogen) atoms. The van der Waals surface area contributed by atoms with Gasteiger partial charge >= 0.3 is 0 Å². The molecule has 4 heteroatoms. The summed E-state index contributed by atoms with van der Waals surface area (Å²) in [6.07, 6.45) is 0.184. The van der Waals surface area contributed by atoms with Crippen molar-refractivity contribution in [1.82, 2.24) is 4.90 Å². The fourth-order valence-corrected chi connectivity index (χ4v) is 2.13. The molecule has 1 aromatic carbocycles. The molecule has 1 aliphatic heterocycles. The molecular formula is C14H19NO3. The lowest BCUT2D eigenvalue weighted by molar-refractivity contribution is -0.145. The second-order valence-corrected chi connectivity index (χ2v) is 4.66. The minimum atomic E-state index is 0.0147. The van der Waals surface area contributed by atoms with Gasteiger partial charge in [-0.3, -0.25) is 4.79 Å². The molecule has 1 aliphatic rings. The van der Waals surface area contributed by atoms with Gasteiger partial charge < -0.3 is 14.4 Å². The second-order valence-electron chi connectivity index (χ2n) is 4.66. The Morgan fingerprint density at radius 1 is 1.28 bits per heavy atom.